The molecule has 0 spiro atoms. The Morgan fingerprint density at radius 3 is 2.79 bits per heavy atom. The number of hydrogen-bond donors (Lipinski definition) is 0. The van der Waals surface area contributed by atoms with Crippen LogP contribution in [0.2, 0.25) is 0 Å². The van der Waals surface area contributed by atoms with Crippen LogP contribution in [0.1, 0.15) is 15.4 Å². The number of aldehydes is 1. The summed E-state index contributed by atoms with van der Waals surface area (Å²) >= 11 is 1.34. The predicted octanol–water partition coefficient (Wildman–Crippen LogP) is 2.69. The van der Waals surface area contributed by atoms with E-state index < -0.39 is 0 Å². The van der Waals surface area contributed by atoms with E-state index in [0.29, 0.717) is 22.7 Å². The van der Waals surface area contributed by atoms with Crippen LogP contribution in [0.25, 0.3) is 10.6 Å². The van der Waals surface area contributed by atoms with Gasteiger partial charge in [0, 0.05) is 0 Å². The van der Waals surface area contributed by atoms with Crippen LogP contribution in [0.3, 0.4) is 0 Å². The van der Waals surface area contributed by atoms with Crippen LogP contribution in [0.15, 0.2) is 28.7 Å². The molecule has 2 rings (SSSR count). The molecule has 2 aromatic rings. The first-order chi connectivity index (χ1) is 6.83. The summed E-state index contributed by atoms with van der Waals surface area (Å²) in [5.41, 5.74) is 0. The fourth-order valence-corrected chi connectivity index (χ4v) is 1.84. The maximum Gasteiger partial charge on any atom is 0.185 e. The third kappa shape index (κ3) is 1.45. The molecule has 0 saturated heterocycles. The second-order valence-electron chi connectivity index (χ2n) is 2.60. The molecule has 0 bridgehead atoms. The summed E-state index contributed by atoms with van der Waals surface area (Å²) in [7, 11) is 0. The number of furan rings is 1. The minimum Gasteiger partial charge on any atom is -0.452 e. The Labute approximate surface area is 84.2 Å². The molecule has 2 aromatic heterocycles. The maximum atomic E-state index is 10.4. The molecule has 4 heteroatoms. The van der Waals surface area contributed by atoms with E-state index in [4.69, 9.17) is 9.68 Å². The molecule has 0 saturated carbocycles. The van der Waals surface area contributed by atoms with Crippen molar-refractivity contribution in [2.24, 2.45) is 0 Å². The quantitative estimate of drug-likeness (QED) is 0.705. The summed E-state index contributed by atoms with van der Waals surface area (Å²) in [5, 5.41) is 8.62. The number of nitriles is 1. The van der Waals surface area contributed by atoms with Crippen LogP contribution in [0.4, 0.5) is 0 Å². The van der Waals surface area contributed by atoms with E-state index in [1.54, 1.807) is 24.3 Å². The van der Waals surface area contributed by atoms with E-state index in [1.807, 2.05) is 6.07 Å². The van der Waals surface area contributed by atoms with Gasteiger partial charge in [-0.15, -0.1) is 11.3 Å². The Hall–Kier alpha value is -1.86. The molecule has 3 nitrogen and oxygen atoms in total. The van der Waals surface area contributed by atoms with Crippen molar-refractivity contribution in [2.75, 3.05) is 0 Å². The average Bonchev–Trinajstić information content (AvgIpc) is 2.86. The zero-order chi connectivity index (χ0) is 9.97. The fourth-order valence-electron chi connectivity index (χ4n) is 1.08. The van der Waals surface area contributed by atoms with Gasteiger partial charge in [0.1, 0.15) is 16.7 Å². The topological polar surface area (TPSA) is 54.0 Å². The highest BCUT2D eigenvalue weighted by Crippen LogP contribution is 2.28. The van der Waals surface area contributed by atoms with Crippen molar-refractivity contribution >= 4 is 17.6 Å². The lowest BCUT2D eigenvalue weighted by molar-refractivity contribution is 0.110. The lowest BCUT2D eigenvalue weighted by Gasteiger charge is -1.87. The van der Waals surface area contributed by atoms with Gasteiger partial charge in [0.25, 0.3) is 0 Å². The first-order valence-electron chi connectivity index (χ1n) is 3.89. The molecular weight excluding hydrogens is 198 g/mol. The molecule has 2 heterocycles. The molecular formula is C10H5NO2S. The molecule has 0 atom stereocenters. The van der Waals surface area contributed by atoms with E-state index in [0.717, 1.165) is 4.88 Å². The second-order valence-corrected chi connectivity index (χ2v) is 3.68. The van der Waals surface area contributed by atoms with E-state index >= 15 is 0 Å². The normalized spacial score (nSPS) is 9.64. The fraction of sp³-hybridized carbons (Fsp3) is 0. The molecule has 0 N–H and O–H groups in total. The zero-order valence-electron chi connectivity index (χ0n) is 7.06. The third-order valence-corrected chi connectivity index (χ3v) is 2.71. The molecule has 0 unspecified atom stereocenters. The monoisotopic (exact) mass is 203 g/mol. The van der Waals surface area contributed by atoms with Gasteiger partial charge in [0.05, 0.1) is 4.88 Å². The summed E-state index contributed by atoms with van der Waals surface area (Å²) in [6.07, 6.45) is 0.655. The van der Waals surface area contributed by atoms with Crippen LogP contribution in [0, 0.1) is 11.3 Å². The van der Waals surface area contributed by atoms with Gasteiger partial charge in [-0.2, -0.15) is 5.26 Å². The number of nitrogens with zero attached hydrogens (tertiary/aromatic N) is 1. The Morgan fingerprint density at radius 2 is 2.21 bits per heavy atom. The highest BCUT2D eigenvalue weighted by molar-refractivity contribution is 7.15. The van der Waals surface area contributed by atoms with Crippen molar-refractivity contribution in [1.29, 1.82) is 5.26 Å². The van der Waals surface area contributed by atoms with Gasteiger partial charge < -0.3 is 4.42 Å². The summed E-state index contributed by atoms with van der Waals surface area (Å²) in [6.45, 7) is 0. The Balaban J connectivity index is 2.39. The molecule has 0 aliphatic heterocycles. The van der Waals surface area contributed by atoms with Crippen molar-refractivity contribution < 1.29 is 9.21 Å². The van der Waals surface area contributed by atoms with Crippen molar-refractivity contribution in [1.82, 2.24) is 0 Å². The molecule has 0 fully saturated rings. The van der Waals surface area contributed by atoms with Gasteiger partial charge in [-0.1, -0.05) is 0 Å². The highest BCUT2D eigenvalue weighted by Gasteiger charge is 2.06. The number of rotatable bonds is 2. The second kappa shape index (κ2) is 3.48. The smallest absolute Gasteiger partial charge is 0.185 e. The van der Waals surface area contributed by atoms with Gasteiger partial charge in [-0.05, 0) is 24.3 Å². The van der Waals surface area contributed by atoms with Gasteiger partial charge >= 0.3 is 0 Å². The number of carbonyl (C=O) groups is 1. The summed E-state index contributed by atoms with van der Waals surface area (Å²) in [4.78, 5) is 11.9. The molecule has 14 heavy (non-hydrogen) atoms. The highest BCUT2D eigenvalue weighted by atomic mass is 32.1. The molecule has 0 amide bonds. The average molecular weight is 203 g/mol. The van der Waals surface area contributed by atoms with Crippen LogP contribution in [0.5, 0.6) is 0 Å². The standard InChI is InChI=1S/C10H5NO2S/c11-5-8-2-4-10(14-8)9-3-1-7(6-12)13-9/h1-4,6H. The van der Waals surface area contributed by atoms with E-state index in [-0.39, 0.29) is 0 Å². The number of hydrogen-bond acceptors (Lipinski definition) is 4. The van der Waals surface area contributed by atoms with Crippen LogP contribution >= 0.6 is 11.3 Å². The SMILES string of the molecule is N#Cc1ccc(-c2ccc(C=O)o2)s1. The van der Waals surface area contributed by atoms with Crippen molar-refractivity contribution in [3.05, 3.63) is 34.9 Å². The van der Waals surface area contributed by atoms with Crippen molar-refractivity contribution in [3.8, 4) is 16.7 Å². The maximum absolute atomic E-state index is 10.4. The van der Waals surface area contributed by atoms with E-state index in [2.05, 4.69) is 0 Å². The number of carbonyl (C=O) groups excluding carboxylic acids is 1. The molecule has 0 aliphatic carbocycles. The largest absolute Gasteiger partial charge is 0.452 e. The third-order valence-electron chi connectivity index (χ3n) is 1.70. The lowest BCUT2D eigenvalue weighted by Crippen LogP contribution is -1.67. The Bertz CT molecular complexity index is 504. The zero-order valence-corrected chi connectivity index (χ0v) is 7.88. The predicted molar refractivity (Wildman–Crippen MR) is 52.1 cm³/mol. The van der Waals surface area contributed by atoms with E-state index in [9.17, 15) is 4.79 Å². The van der Waals surface area contributed by atoms with Crippen molar-refractivity contribution in [3.63, 3.8) is 0 Å². The van der Waals surface area contributed by atoms with Crippen LogP contribution in [-0.4, -0.2) is 6.29 Å². The minimum absolute atomic E-state index is 0.298. The molecule has 68 valence electrons. The minimum atomic E-state index is 0.298. The van der Waals surface area contributed by atoms with Gasteiger partial charge in [0.15, 0.2) is 12.0 Å². The Kier molecular flexibility index (Phi) is 2.17. The molecule has 0 aromatic carbocycles. The first kappa shape index (κ1) is 8.73. The molecule has 0 radical (unpaired) electrons. The van der Waals surface area contributed by atoms with Gasteiger partial charge in [0.2, 0.25) is 0 Å². The molecule has 0 aliphatic rings. The summed E-state index contributed by atoms with van der Waals surface area (Å²) < 4.78 is 5.21. The van der Waals surface area contributed by atoms with E-state index in [1.165, 1.54) is 11.3 Å². The number of thiophene rings is 1. The van der Waals surface area contributed by atoms with Crippen molar-refractivity contribution in [2.45, 2.75) is 0 Å². The summed E-state index contributed by atoms with van der Waals surface area (Å²) in [6, 6.07) is 8.90. The Morgan fingerprint density at radius 1 is 1.36 bits per heavy atom. The van der Waals surface area contributed by atoms with Gasteiger partial charge in [-0.25, -0.2) is 0 Å². The lowest BCUT2D eigenvalue weighted by atomic mass is 10.3. The van der Waals surface area contributed by atoms with Crippen LogP contribution < -0.4 is 0 Å². The van der Waals surface area contributed by atoms with Gasteiger partial charge in [-0.3, -0.25) is 4.79 Å². The van der Waals surface area contributed by atoms with Crippen LogP contribution in [-0.2, 0) is 0 Å². The first-order valence-corrected chi connectivity index (χ1v) is 4.70. The summed E-state index contributed by atoms with van der Waals surface area (Å²) in [5.74, 6) is 0.922.